The Kier molecular flexibility index (Phi) is 11.0. The third kappa shape index (κ3) is 8.13. The molecule has 6 aromatic rings. The number of nitrogens with one attached hydrogen (secondary N) is 4. The number of hydrogen-bond acceptors (Lipinski definition) is 8. The lowest BCUT2D eigenvalue weighted by atomic mass is 10.2. The Morgan fingerprint density at radius 3 is 1.46 bits per heavy atom. The van der Waals surface area contributed by atoms with Gasteiger partial charge in [0.15, 0.2) is 11.6 Å². The van der Waals surface area contributed by atoms with Gasteiger partial charge in [0.2, 0.25) is 0 Å². The van der Waals surface area contributed by atoms with Crippen molar-refractivity contribution in [2.45, 2.75) is 13.8 Å². The van der Waals surface area contributed by atoms with Crippen molar-refractivity contribution in [2.24, 2.45) is 0 Å². The normalized spacial score (nSPS) is 10.7. The van der Waals surface area contributed by atoms with Crippen molar-refractivity contribution in [1.82, 2.24) is 30.8 Å². The van der Waals surface area contributed by atoms with E-state index in [2.05, 4.69) is 73.5 Å². The van der Waals surface area contributed by atoms with Crippen LogP contribution < -0.4 is 21.7 Å². The molecule has 4 aromatic carbocycles. The van der Waals surface area contributed by atoms with Crippen LogP contribution in [-0.2, 0) is 0 Å². The van der Waals surface area contributed by atoms with Gasteiger partial charge in [0.1, 0.15) is 11.6 Å². The van der Waals surface area contributed by atoms with Gasteiger partial charge in [-0.05, 0) is 74.5 Å². The number of nitrogens with zero attached hydrogens (tertiary/aromatic N) is 4. The van der Waals surface area contributed by atoms with E-state index in [0.29, 0.717) is 34.1 Å². The molecule has 10 nitrogen and oxygen atoms in total. The summed E-state index contributed by atoms with van der Waals surface area (Å²) in [7, 11) is 0. The molecule has 0 unspecified atom stereocenters. The summed E-state index contributed by atoms with van der Waals surface area (Å²) < 4.78 is 29.3. The lowest BCUT2D eigenvalue weighted by molar-refractivity contribution is 0.0950. The standard InChI is InChI=1S/2C16H11BrClFN4O/c1-8-15(21-12-6-5-9(17)7-13(12)20-8)22-23-16(24)14-10(18)3-2-4-11(14)19;1-8-15(21-13-7-9(17)5-6-12(13)20-8)22-23-16(24)14-10(18)3-2-4-11(14)19/h2*2-7H,1H3,(H,21,22)(H,23,24). The van der Waals surface area contributed by atoms with Gasteiger partial charge in [0.25, 0.3) is 11.8 Å². The van der Waals surface area contributed by atoms with Gasteiger partial charge in [-0.25, -0.2) is 28.7 Å². The molecule has 244 valence electrons. The third-order valence-electron chi connectivity index (χ3n) is 6.57. The maximum Gasteiger partial charge on any atom is 0.274 e. The summed E-state index contributed by atoms with van der Waals surface area (Å²) in [6, 6.07) is 19.1. The van der Waals surface area contributed by atoms with Crippen LogP contribution in [0.2, 0.25) is 10.0 Å². The molecule has 0 atom stereocenters. The maximum absolute atomic E-state index is 13.8. The van der Waals surface area contributed by atoms with Crippen molar-refractivity contribution in [2.75, 3.05) is 10.9 Å². The number of hydrogen-bond donors (Lipinski definition) is 4. The third-order valence-corrected chi connectivity index (χ3v) is 8.19. The number of amides is 2. The van der Waals surface area contributed by atoms with Crippen molar-refractivity contribution in [1.29, 1.82) is 0 Å². The Hall–Kier alpha value is -4.50. The van der Waals surface area contributed by atoms with Gasteiger partial charge in [0.05, 0.1) is 54.6 Å². The number of benzene rings is 4. The zero-order chi connectivity index (χ0) is 34.5. The molecular weight excluding hydrogens is 797 g/mol. The Morgan fingerprint density at radius 2 is 1.00 bits per heavy atom. The zero-order valence-electron chi connectivity index (χ0n) is 24.8. The van der Waals surface area contributed by atoms with Crippen molar-refractivity contribution < 1.29 is 18.4 Å². The van der Waals surface area contributed by atoms with E-state index in [1.807, 2.05) is 30.3 Å². The molecule has 0 spiro atoms. The van der Waals surface area contributed by atoms with Crippen molar-refractivity contribution >= 4 is 101 Å². The average molecular weight is 819 g/mol. The molecule has 0 radical (unpaired) electrons. The summed E-state index contributed by atoms with van der Waals surface area (Å²) in [4.78, 5) is 41.9. The quantitative estimate of drug-likeness (QED) is 0.123. The highest BCUT2D eigenvalue weighted by Crippen LogP contribution is 2.23. The number of fused-ring (bicyclic) bond motifs is 2. The summed E-state index contributed by atoms with van der Waals surface area (Å²) in [5.41, 5.74) is 13.6. The van der Waals surface area contributed by atoms with Gasteiger partial charge < -0.3 is 0 Å². The molecule has 2 heterocycles. The monoisotopic (exact) mass is 816 g/mol. The number of aromatic nitrogens is 4. The predicted molar refractivity (Wildman–Crippen MR) is 189 cm³/mol. The second kappa shape index (κ2) is 15.2. The van der Waals surface area contributed by atoms with Crippen LogP contribution in [0, 0.1) is 25.5 Å². The fourth-order valence-corrected chi connectivity index (χ4v) is 5.45. The summed E-state index contributed by atoms with van der Waals surface area (Å²) >= 11 is 18.5. The second-order valence-corrected chi connectivity index (χ2v) is 12.6. The molecule has 0 saturated heterocycles. The molecule has 2 aromatic heterocycles. The number of halogens is 6. The van der Waals surface area contributed by atoms with Crippen LogP contribution in [0.15, 0.2) is 81.7 Å². The van der Waals surface area contributed by atoms with Gasteiger partial charge in [-0.3, -0.25) is 31.3 Å². The Labute approximate surface area is 298 Å². The summed E-state index contributed by atoms with van der Waals surface area (Å²) in [6.45, 7) is 3.50. The van der Waals surface area contributed by atoms with Crippen LogP contribution in [-0.4, -0.2) is 31.8 Å². The smallest absolute Gasteiger partial charge is 0.274 e. The molecular formula is C32H22Br2Cl2F2N8O2. The number of rotatable bonds is 6. The van der Waals surface area contributed by atoms with E-state index in [9.17, 15) is 18.4 Å². The molecule has 0 aliphatic carbocycles. The van der Waals surface area contributed by atoms with E-state index in [1.54, 1.807) is 19.9 Å². The minimum atomic E-state index is -0.702. The molecule has 0 saturated carbocycles. The van der Waals surface area contributed by atoms with E-state index in [0.717, 1.165) is 20.0 Å². The molecule has 0 aliphatic heterocycles. The van der Waals surface area contributed by atoms with E-state index in [4.69, 9.17) is 23.2 Å². The highest BCUT2D eigenvalue weighted by molar-refractivity contribution is 9.10. The van der Waals surface area contributed by atoms with Crippen molar-refractivity contribution in [3.8, 4) is 0 Å². The van der Waals surface area contributed by atoms with E-state index >= 15 is 0 Å². The molecule has 0 aliphatic rings. The van der Waals surface area contributed by atoms with Crippen LogP contribution in [0.5, 0.6) is 0 Å². The number of carbonyl (C=O) groups is 2. The number of hydrazine groups is 2. The molecule has 4 N–H and O–H groups in total. The first-order valence-electron chi connectivity index (χ1n) is 13.8. The highest BCUT2D eigenvalue weighted by atomic mass is 79.9. The Bertz CT molecular complexity index is 2170. The van der Waals surface area contributed by atoms with Gasteiger partial charge in [-0.15, -0.1) is 0 Å². The van der Waals surface area contributed by atoms with E-state index in [-0.39, 0.29) is 21.2 Å². The van der Waals surface area contributed by atoms with Crippen molar-refractivity contribution in [3.63, 3.8) is 0 Å². The SMILES string of the molecule is Cc1nc2cc(Br)ccc2nc1NNC(=O)c1c(F)cccc1Cl.Cc1nc2ccc(Br)cc2nc1NNC(=O)c1c(F)cccc1Cl. The first-order valence-corrected chi connectivity index (χ1v) is 16.1. The largest absolute Gasteiger partial charge is 0.280 e. The van der Waals surface area contributed by atoms with Gasteiger partial charge in [-0.1, -0.05) is 67.2 Å². The van der Waals surface area contributed by atoms with Crippen LogP contribution in [0.3, 0.4) is 0 Å². The molecule has 2 amide bonds. The first kappa shape index (κ1) is 34.8. The molecule has 48 heavy (non-hydrogen) atoms. The topological polar surface area (TPSA) is 134 Å². The zero-order valence-corrected chi connectivity index (χ0v) is 29.5. The predicted octanol–water partition coefficient (Wildman–Crippen LogP) is 8.50. The van der Waals surface area contributed by atoms with E-state index < -0.39 is 23.4 Å². The van der Waals surface area contributed by atoms with Gasteiger partial charge >= 0.3 is 0 Å². The van der Waals surface area contributed by atoms with Crippen LogP contribution in [0.4, 0.5) is 20.4 Å². The number of carbonyl (C=O) groups excluding carboxylic acids is 2. The van der Waals surface area contributed by atoms with Gasteiger partial charge in [-0.2, -0.15) is 0 Å². The first-order chi connectivity index (χ1) is 22.9. The average Bonchev–Trinajstić information content (AvgIpc) is 3.03. The lowest BCUT2D eigenvalue weighted by Crippen LogP contribution is -2.31. The lowest BCUT2D eigenvalue weighted by Gasteiger charge is -2.12. The fraction of sp³-hybridized carbons (Fsp3) is 0.0625. The molecule has 16 heteroatoms. The van der Waals surface area contributed by atoms with E-state index in [1.165, 1.54) is 36.4 Å². The summed E-state index contributed by atoms with van der Waals surface area (Å²) in [6.07, 6.45) is 0. The maximum atomic E-state index is 13.8. The highest BCUT2D eigenvalue weighted by Gasteiger charge is 2.17. The van der Waals surface area contributed by atoms with Crippen LogP contribution in [0.1, 0.15) is 32.1 Å². The number of anilines is 2. The summed E-state index contributed by atoms with van der Waals surface area (Å²) in [5.74, 6) is -2.07. The minimum Gasteiger partial charge on any atom is -0.280 e. The van der Waals surface area contributed by atoms with Crippen molar-refractivity contribution in [3.05, 3.63) is 126 Å². The fourth-order valence-electron chi connectivity index (χ4n) is 4.25. The molecule has 0 fully saturated rings. The molecule has 6 rings (SSSR count). The second-order valence-electron chi connectivity index (χ2n) is 9.93. The van der Waals surface area contributed by atoms with Gasteiger partial charge in [0, 0.05) is 8.95 Å². The summed E-state index contributed by atoms with van der Waals surface area (Å²) in [5, 5.41) is 0.0556. The minimum absolute atomic E-state index is 0.0274. The number of aryl methyl sites for hydroxylation is 2. The Morgan fingerprint density at radius 1 is 0.604 bits per heavy atom. The molecule has 0 bridgehead atoms. The van der Waals surface area contributed by atoms with Crippen LogP contribution in [0.25, 0.3) is 22.1 Å². The van der Waals surface area contributed by atoms with Crippen LogP contribution >= 0.6 is 55.1 Å². The Balaban J connectivity index is 0.000000188.